The molecule has 11 aromatic rings. The zero-order valence-corrected chi connectivity index (χ0v) is 31.1. The zero-order chi connectivity index (χ0) is 38.4. The zero-order valence-electron chi connectivity index (χ0n) is 31.1. The fraction of sp³-hybridized carbons (Fsp3) is 0. The van der Waals surface area contributed by atoms with Crippen LogP contribution in [0.5, 0.6) is 0 Å². The molecule has 3 aromatic heterocycles. The summed E-state index contributed by atoms with van der Waals surface area (Å²) in [5.41, 5.74) is 13.3. The summed E-state index contributed by atoms with van der Waals surface area (Å²) in [6.07, 6.45) is 0. The summed E-state index contributed by atoms with van der Waals surface area (Å²) in [5.74, 6) is 2.37. The van der Waals surface area contributed by atoms with Crippen LogP contribution >= 0.6 is 0 Å². The van der Waals surface area contributed by atoms with E-state index in [1.54, 1.807) is 0 Å². The van der Waals surface area contributed by atoms with Gasteiger partial charge in [0.2, 0.25) is 5.89 Å². The summed E-state index contributed by atoms with van der Waals surface area (Å²) >= 11 is 0. The van der Waals surface area contributed by atoms with Gasteiger partial charge in [0, 0.05) is 38.6 Å². The monoisotopic (exact) mass is 744 g/mol. The second kappa shape index (κ2) is 14.0. The SMILES string of the molecule is c1ccc(-c2ccc(-c3nc(-c4cccc(-c5cccc(-c6cccc7nc(-c8ccccc8)oc67)c5)c4)nc(-c4ccc5oc6ccccc6c5c4)n3)cc2)cc1. The molecular weight excluding hydrogens is 713 g/mol. The lowest BCUT2D eigenvalue weighted by atomic mass is 9.97. The first-order valence-electron chi connectivity index (χ1n) is 19.2. The topological polar surface area (TPSA) is 77.8 Å². The second-order valence-corrected chi connectivity index (χ2v) is 14.3. The quantitative estimate of drug-likeness (QED) is 0.162. The van der Waals surface area contributed by atoms with E-state index in [-0.39, 0.29) is 0 Å². The van der Waals surface area contributed by atoms with Crippen molar-refractivity contribution < 1.29 is 8.83 Å². The summed E-state index contributed by atoms with van der Waals surface area (Å²) in [4.78, 5) is 20.1. The van der Waals surface area contributed by atoms with Crippen molar-refractivity contribution >= 4 is 33.0 Å². The van der Waals surface area contributed by atoms with E-state index in [4.69, 9.17) is 28.8 Å². The van der Waals surface area contributed by atoms with Crippen LogP contribution in [0.15, 0.2) is 203 Å². The number of furan rings is 1. The second-order valence-electron chi connectivity index (χ2n) is 14.3. The number of benzene rings is 8. The highest BCUT2D eigenvalue weighted by Gasteiger charge is 2.17. The summed E-state index contributed by atoms with van der Waals surface area (Å²) in [7, 11) is 0. The highest BCUT2D eigenvalue weighted by atomic mass is 16.3. The van der Waals surface area contributed by atoms with Crippen LogP contribution < -0.4 is 0 Å². The molecule has 272 valence electrons. The number of rotatable bonds is 7. The number of oxazole rings is 1. The van der Waals surface area contributed by atoms with Gasteiger partial charge in [0.25, 0.3) is 0 Å². The van der Waals surface area contributed by atoms with E-state index in [0.29, 0.717) is 23.4 Å². The average molecular weight is 745 g/mol. The molecule has 6 heteroatoms. The molecule has 0 bridgehead atoms. The maximum absolute atomic E-state index is 6.39. The summed E-state index contributed by atoms with van der Waals surface area (Å²) in [6.45, 7) is 0. The van der Waals surface area contributed by atoms with E-state index in [1.807, 2.05) is 78.9 Å². The number of hydrogen-bond donors (Lipinski definition) is 0. The molecule has 58 heavy (non-hydrogen) atoms. The van der Waals surface area contributed by atoms with Crippen molar-refractivity contribution in [2.45, 2.75) is 0 Å². The molecule has 0 aliphatic heterocycles. The highest BCUT2D eigenvalue weighted by Crippen LogP contribution is 2.36. The van der Waals surface area contributed by atoms with Gasteiger partial charge < -0.3 is 8.83 Å². The van der Waals surface area contributed by atoms with Gasteiger partial charge in [-0.25, -0.2) is 19.9 Å². The van der Waals surface area contributed by atoms with Crippen molar-refractivity contribution in [2.75, 3.05) is 0 Å². The normalized spacial score (nSPS) is 11.4. The van der Waals surface area contributed by atoms with Crippen molar-refractivity contribution in [1.82, 2.24) is 19.9 Å². The highest BCUT2D eigenvalue weighted by molar-refractivity contribution is 6.06. The Labute approximate surface area is 333 Å². The van der Waals surface area contributed by atoms with Crippen LogP contribution in [-0.4, -0.2) is 19.9 Å². The number of aromatic nitrogens is 4. The van der Waals surface area contributed by atoms with Crippen LogP contribution in [0, 0.1) is 0 Å². The van der Waals surface area contributed by atoms with Crippen LogP contribution in [0.25, 0.3) is 112 Å². The average Bonchev–Trinajstić information content (AvgIpc) is 3.92. The molecule has 6 nitrogen and oxygen atoms in total. The van der Waals surface area contributed by atoms with Crippen molar-refractivity contribution in [3.8, 4) is 79.0 Å². The Morgan fingerprint density at radius 1 is 0.293 bits per heavy atom. The minimum atomic E-state index is 0.585. The third kappa shape index (κ3) is 6.10. The number of fused-ring (bicyclic) bond motifs is 4. The molecule has 0 radical (unpaired) electrons. The lowest BCUT2D eigenvalue weighted by Gasteiger charge is -2.11. The third-order valence-corrected chi connectivity index (χ3v) is 10.6. The molecule has 0 aliphatic rings. The predicted molar refractivity (Wildman–Crippen MR) is 233 cm³/mol. The lowest BCUT2D eigenvalue weighted by molar-refractivity contribution is 0.621. The van der Waals surface area contributed by atoms with Crippen molar-refractivity contribution in [1.29, 1.82) is 0 Å². The van der Waals surface area contributed by atoms with Crippen LogP contribution in [-0.2, 0) is 0 Å². The Kier molecular flexibility index (Phi) is 8.04. The molecule has 8 aromatic carbocycles. The fourth-order valence-electron chi connectivity index (χ4n) is 7.66. The number of para-hydroxylation sites is 2. The van der Waals surface area contributed by atoms with Crippen molar-refractivity contribution in [3.63, 3.8) is 0 Å². The molecule has 11 rings (SSSR count). The molecule has 0 amide bonds. The first kappa shape index (κ1) is 33.4. The minimum absolute atomic E-state index is 0.585. The summed E-state index contributed by atoms with van der Waals surface area (Å²) < 4.78 is 12.5. The van der Waals surface area contributed by atoms with Gasteiger partial charge in [0.1, 0.15) is 16.7 Å². The van der Waals surface area contributed by atoms with Gasteiger partial charge in [-0.1, -0.05) is 140 Å². The van der Waals surface area contributed by atoms with Gasteiger partial charge in [-0.15, -0.1) is 0 Å². The predicted octanol–water partition coefficient (Wildman–Crippen LogP) is 13.6. The summed E-state index contributed by atoms with van der Waals surface area (Å²) in [6, 6.07) is 66.0. The van der Waals surface area contributed by atoms with E-state index in [2.05, 4.69) is 115 Å². The molecule has 0 unspecified atom stereocenters. The standard InChI is InChI=1S/C52H32N4O2/c1-3-12-33(13-4-1)34-24-26-35(27-25-34)49-54-50(56-51(55-49)41-28-29-47-44(32-41)43-20-7-8-23-46(43)57-47)40-19-10-17-38(31-40)37-16-9-18-39(30-37)42-21-11-22-45-48(42)58-52(53-45)36-14-5-2-6-15-36/h1-32H. The van der Waals surface area contributed by atoms with Crippen LogP contribution in [0.2, 0.25) is 0 Å². The number of hydrogen-bond acceptors (Lipinski definition) is 6. The Balaban J connectivity index is 1.00. The van der Waals surface area contributed by atoms with E-state index < -0.39 is 0 Å². The maximum atomic E-state index is 6.39. The number of nitrogens with zero attached hydrogens (tertiary/aromatic N) is 4. The smallest absolute Gasteiger partial charge is 0.227 e. The van der Waals surface area contributed by atoms with Gasteiger partial charge in [-0.2, -0.15) is 0 Å². The van der Waals surface area contributed by atoms with E-state index in [9.17, 15) is 0 Å². The van der Waals surface area contributed by atoms with E-state index in [0.717, 1.165) is 88.7 Å². The maximum Gasteiger partial charge on any atom is 0.227 e. The van der Waals surface area contributed by atoms with E-state index >= 15 is 0 Å². The van der Waals surface area contributed by atoms with Crippen molar-refractivity contribution in [2.24, 2.45) is 0 Å². The van der Waals surface area contributed by atoms with Crippen LogP contribution in [0.4, 0.5) is 0 Å². The third-order valence-electron chi connectivity index (χ3n) is 10.6. The molecule has 0 fully saturated rings. The Morgan fingerprint density at radius 3 is 1.57 bits per heavy atom. The molecule has 0 spiro atoms. The fourth-order valence-corrected chi connectivity index (χ4v) is 7.66. The van der Waals surface area contributed by atoms with Gasteiger partial charge in [-0.3, -0.25) is 0 Å². The molecular formula is C52H32N4O2. The van der Waals surface area contributed by atoms with Crippen molar-refractivity contribution in [3.05, 3.63) is 194 Å². The Morgan fingerprint density at radius 2 is 0.810 bits per heavy atom. The first-order chi connectivity index (χ1) is 28.7. The van der Waals surface area contributed by atoms with E-state index in [1.165, 1.54) is 0 Å². The first-order valence-corrected chi connectivity index (χ1v) is 19.2. The molecule has 3 heterocycles. The Hall–Kier alpha value is -7.96. The lowest BCUT2D eigenvalue weighted by Crippen LogP contribution is -2.00. The minimum Gasteiger partial charge on any atom is -0.456 e. The van der Waals surface area contributed by atoms with Crippen LogP contribution in [0.3, 0.4) is 0 Å². The van der Waals surface area contributed by atoms with Gasteiger partial charge in [0.15, 0.2) is 23.1 Å². The van der Waals surface area contributed by atoms with Gasteiger partial charge in [-0.05, 0) is 82.4 Å². The molecule has 0 atom stereocenters. The molecule has 0 saturated carbocycles. The Bertz CT molecular complexity index is 3280. The van der Waals surface area contributed by atoms with Crippen LogP contribution in [0.1, 0.15) is 0 Å². The largest absolute Gasteiger partial charge is 0.456 e. The summed E-state index contributed by atoms with van der Waals surface area (Å²) in [5, 5.41) is 2.07. The molecule has 0 N–H and O–H groups in total. The molecule has 0 aliphatic carbocycles. The van der Waals surface area contributed by atoms with Gasteiger partial charge >= 0.3 is 0 Å². The molecule has 0 saturated heterocycles. The van der Waals surface area contributed by atoms with Gasteiger partial charge in [0.05, 0.1) is 0 Å².